The molecule has 0 aliphatic carbocycles. The average molecular weight is 107 g/mol. The molecule has 6 heavy (non-hydrogen) atoms. The molecule has 1 unspecified atom stereocenters. The summed E-state index contributed by atoms with van der Waals surface area (Å²) in [6.45, 7) is 1.79. The van der Waals surface area contributed by atoms with E-state index in [0.29, 0.717) is 6.42 Å². The van der Waals surface area contributed by atoms with Crippen molar-refractivity contribution in [2.75, 3.05) is 0 Å². The van der Waals surface area contributed by atoms with Crippen molar-refractivity contribution in [3.63, 3.8) is 0 Å². The molecule has 36 valence electrons. The molecule has 0 heterocycles. The number of aldehydes is 1. The van der Waals surface area contributed by atoms with E-state index in [-0.39, 0.29) is 5.38 Å². The van der Waals surface area contributed by atoms with Crippen LogP contribution >= 0.6 is 11.6 Å². The van der Waals surface area contributed by atoms with E-state index in [0.717, 1.165) is 6.29 Å². The van der Waals surface area contributed by atoms with Crippen molar-refractivity contribution in [3.8, 4) is 0 Å². The van der Waals surface area contributed by atoms with Crippen LogP contribution in [0.3, 0.4) is 0 Å². The van der Waals surface area contributed by atoms with Gasteiger partial charge in [-0.2, -0.15) is 0 Å². The second-order valence-corrected chi connectivity index (χ2v) is 1.93. The Labute approximate surface area is 42.3 Å². The van der Waals surface area contributed by atoms with Crippen LogP contribution in [-0.4, -0.2) is 11.7 Å². The first-order valence-electron chi connectivity index (χ1n) is 1.85. The highest BCUT2D eigenvalue weighted by Gasteiger charge is 1.88. The van der Waals surface area contributed by atoms with Crippen LogP contribution in [0.25, 0.3) is 0 Å². The molecule has 0 spiro atoms. The summed E-state index contributed by atoms with van der Waals surface area (Å²) in [5.41, 5.74) is 0. The highest BCUT2D eigenvalue weighted by atomic mass is 35.5. The SMILES string of the molecule is CC(Cl)CC=O. The molecule has 0 fully saturated rings. The molecule has 0 aliphatic rings. The van der Waals surface area contributed by atoms with E-state index in [4.69, 9.17) is 11.6 Å². The second kappa shape index (κ2) is 3.16. The van der Waals surface area contributed by atoms with E-state index in [9.17, 15) is 4.79 Å². The number of rotatable bonds is 2. The van der Waals surface area contributed by atoms with Gasteiger partial charge < -0.3 is 4.79 Å². The molecule has 0 bridgehead atoms. The van der Waals surface area contributed by atoms with Crippen LogP contribution in [0, 0.1) is 0 Å². The maximum Gasteiger partial charge on any atom is 0.121 e. The molecule has 0 saturated carbocycles. The molecule has 2 heteroatoms. The Morgan fingerprint density at radius 3 is 2.50 bits per heavy atom. The van der Waals surface area contributed by atoms with Crippen molar-refractivity contribution in [1.29, 1.82) is 0 Å². The number of halogens is 1. The van der Waals surface area contributed by atoms with Gasteiger partial charge in [0, 0.05) is 11.8 Å². The third-order valence-electron chi connectivity index (χ3n) is 0.421. The number of alkyl halides is 1. The zero-order chi connectivity index (χ0) is 4.99. The fourth-order valence-corrected chi connectivity index (χ4v) is 0.205. The molecule has 0 aromatic carbocycles. The lowest BCUT2D eigenvalue weighted by Gasteiger charge is -1.86. The molecule has 0 aromatic rings. The lowest BCUT2D eigenvalue weighted by atomic mass is 10.4. The van der Waals surface area contributed by atoms with Crippen LogP contribution in [-0.2, 0) is 4.79 Å². The van der Waals surface area contributed by atoms with Gasteiger partial charge in [-0.05, 0) is 6.92 Å². The molecule has 1 nitrogen and oxygen atoms in total. The molecular formula is C4H7ClO. The van der Waals surface area contributed by atoms with E-state index in [1.165, 1.54) is 0 Å². The van der Waals surface area contributed by atoms with Gasteiger partial charge in [0.25, 0.3) is 0 Å². The Morgan fingerprint density at radius 2 is 2.50 bits per heavy atom. The molecule has 0 rings (SSSR count). The van der Waals surface area contributed by atoms with Crippen LogP contribution < -0.4 is 0 Å². The van der Waals surface area contributed by atoms with Crippen molar-refractivity contribution in [1.82, 2.24) is 0 Å². The maximum absolute atomic E-state index is 9.53. The van der Waals surface area contributed by atoms with Gasteiger partial charge in [-0.25, -0.2) is 0 Å². The molecular weight excluding hydrogens is 99.5 g/mol. The summed E-state index contributed by atoms with van der Waals surface area (Å²) in [5.74, 6) is 0. The largest absolute Gasteiger partial charge is 0.303 e. The number of hydrogen-bond acceptors (Lipinski definition) is 1. The molecule has 0 aliphatic heterocycles. The fourth-order valence-electron chi connectivity index (χ4n) is 0.133. The van der Waals surface area contributed by atoms with Gasteiger partial charge >= 0.3 is 0 Å². The molecule has 0 radical (unpaired) electrons. The van der Waals surface area contributed by atoms with Crippen molar-refractivity contribution in [3.05, 3.63) is 0 Å². The average Bonchev–Trinajstić information content (AvgIpc) is 1.35. The monoisotopic (exact) mass is 106 g/mol. The van der Waals surface area contributed by atoms with Gasteiger partial charge in [0.15, 0.2) is 0 Å². The summed E-state index contributed by atoms with van der Waals surface area (Å²) < 4.78 is 0. The number of carbonyl (C=O) groups excluding carboxylic acids is 1. The van der Waals surface area contributed by atoms with Crippen LogP contribution in [0.2, 0.25) is 0 Å². The minimum Gasteiger partial charge on any atom is -0.303 e. The van der Waals surface area contributed by atoms with Gasteiger partial charge in [0.1, 0.15) is 6.29 Å². The summed E-state index contributed by atoms with van der Waals surface area (Å²) in [7, 11) is 0. The van der Waals surface area contributed by atoms with Gasteiger partial charge in [0.05, 0.1) is 0 Å². The Morgan fingerprint density at radius 1 is 2.00 bits per heavy atom. The highest BCUT2D eigenvalue weighted by Crippen LogP contribution is 1.94. The van der Waals surface area contributed by atoms with Gasteiger partial charge in [0.2, 0.25) is 0 Å². The smallest absolute Gasteiger partial charge is 0.121 e. The summed E-state index contributed by atoms with van der Waals surface area (Å²) in [6, 6.07) is 0. The molecule has 0 N–H and O–H groups in total. The molecule has 0 amide bonds. The fraction of sp³-hybridized carbons (Fsp3) is 0.750. The van der Waals surface area contributed by atoms with Gasteiger partial charge in [-0.1, -0.05) is 0 Å². The third kappa shape index (κ3) is 3.96. The summed E-state index contributed by atoms with van der Waals surface area (Å²) in [6.07, 6.45) is 1.28. The molecule has 1 atom stereocenters. The van der Waals surface area contributed by atoms with Crippen LogP contribution in [0.15, 0.2) is 0 Å². The quantitative estimate of drug-likeness (QED) is 0.382. The normalized spacial score (nSPS) is 13.7. The van der Waals surface area contributed by atoms with Crippen LogP contribution in [0.5, 0.6) is 0 Å². The lowest BCUT2D eigenvalue weighted by Crippen LogP contribution is -1.88. The highest BCUT2D eigenvalue weighted by molar-refractivity contribution is 6.21. The van der Waals surface area contributed by atoms with E-state index < -0.39 is 0 Å². The van der Waals surface area contributed by atoms with Crippen molar-refractivity contribution in [2.45, 2.75) is 18.7 Å². The van der Waals surface area contributed by atoms with Gasteiger partial charge in [-0.3, -0.25) is 0 Å². The maximum atomic E-state index is 9.53. The molecule has 0 saturated heterocycles. The Balaban J connectivity index is 2.81. The van der Waals surface area contributed by atoms with Crippen LogP contribution in [0.1, 0.15) is 13.3 Å². The Hall–Kier alpha value is -0.0400. The van der Waals surface area contributed by atoms with Crippen molar-refractivity contribution >= 4 is 17.9 Å². The first-order valence-corrected chi connectivity index (χ1v) is 2.28. The third-order valence-corrected chi connectivity index (χ3v) is 0.599. The first kappa shape index (κ1) is 5.96. The van der Waals surface area contributed by atoms with Crippen molar-refractivity contribution < 1.29 is 4.79 Å². The predicted octanol–water partition coefficient (Wildman–Crippen LogP) is 1.20. The van der Waals surface area contributed by atoms with Crippen LogP contribution in [0.4, 0.5) is 0 Å². The Bertz CT molecular complexity index is 42.8. The summed E-state index contributed by atoms with van der Waals surface area (Å²) >= 11 is 5.35. The topological polar surface area (TPSA) is 17.1 Å². The van der Waals surface area contributed by atoms with E-state index >= 15 is 0 Å². The predicted molar refractivity (Wildman–Crippen MR) is 26.0 cm³/mol. The standard InChI is InChI=1S/C4H7ClO/c1-4(5)2-3-6/h3-4H,2H2,1H3. The zero-order valence-electron chi connectivity index (χ0n) is 3.65. The first-order chi connectivity index (χ1) is 2.77. The van der Waals surface area contributed by atoms with E-state index in [1.54, 1.807) is 6.92 Å². The zero-order valence-corrected chi connectivity index (χ0v) is 4.40. The van der Waals surface area contributed by atoms with E-state index in [2.05, 4.69) is 0 Å². The Kier molecular flexibility index (Phi) is 3.14. The number of carbonyl (C=O) groups is 1. The number of hydrogen-bond donors (Lipinski definition) is 0. The van der Waals surface area contributed by atoms with Gasteiger partial charge in [-0.15, -0.1) is 11.6 Å². The lowest BCUT2D eigenvalue weighted by molar-refractivity contribution is -0.107. The van der Waals surface area contributed by atoms with Crippen molar-refractivity contribution in [2.24, 2.45) is 0 Å². The minimum absolute atomic E-state index is 0.00231. The molecule has 0 aromatic heterocycles. The minimum atomic E-state index is 0.00231. The second-order valence-electron chi connectivity index (χ2n) is 1.18. The summed E-state index contributed by atoms with van der Waals surface area (Å²) in [5, 5.41) is 0.00231. The van der Waals surface area contributed by atoms with E-state index in [1.807, 2.05) is 0 Å². The summed E-state index contributed by atoms with van der Waals surface area (Å²) in [4.78, 5) is 9.53.